The van der Waals surface area contributed by atoms with Gasteiger partial charge in [-0.2, -0.15) is 5.10 Å². The molecule has 0 aliphatic rings. The lowest BCUT2D eigenvalue weighted by Gasteiger charge is -2.09. The van der Waals surface area contributed by atoms with E-state index >= 15 is 0 Å². The van der Waals surface area contributed by atoms with Crippen LogP contribution in [0.3, 0.4) is 0 Å². The second-order valence-electron chi connectivity index (χ2n) is 2.50. The average Bonchev–Trinajstić information content (AvgIpc) is 2.03. The molecule has 0 saturated carbocycles. The molecule has 0 fully saturated rings. The van der Waals surface area contributed by atoms with Crippen LogP contribution in [-0.2, 0) is 9.53 Å². The molecule has 13 heavy (non-hydrogen) atoms. The summed E-state index contributed by atoms with van der Waals surface area (Å²) in [5.74, 6) is -0.441. The fraction of sp³-hybridized carbons (Fsp3) is 0.500. The molecule has 0 aliphatic carbocycles. The molecule has 0 radical (unpaired) electrons. The van der Waals surface area contributed by atoms with Gasteiger partial charge in [-0.1, -0.05) is 0 Å². The maximum absolute atomic E-state index is 11.2. The van der Waals surface area contributed by atoms with E-state index in [0.29, 0.717) is 6.61 Å². The number of hydrogen-bond donors (Lipinski definition) is 1. The third-order valence-corrected chi connectivity index (χ3v) is 1.08. The molecule has 5 heteroatoms. The predicted molar refractivity (Wildman–Crippen MR) is 51.1 cm³/mol. The van der Waals surface area contributed by atoms with Gasteiger partial charge in [-0.15, -0.1) is 0 Å². The van der Waals surface area contributed by atoms with Crippen molar-refractivity contribution in [3.63, 3.8) is 0 Å². The minimum Gasteiger partial charge on any atom is -0.461 e. The van der Waals surface area contributed by atoms with E-state index in [4.69, 9.17) is 4.74 Å². The number of hydrazone groups is 1. The minimum atomic E-state index is -0.441. The number of nitrogens with zero attached hydrogens (tertiary/aromatic N) is 2. The van der Waals surface area contributed by atoms with Crippen molar-refractivity contribution in [2.24, 2.45) is 5.10 Å². The molecular formula is C8H15N3O2. The van der Waals surface area contributed by atoms with E-state index in [-0.39, 0.29) is 5.70 Å². The normalized spacial score (nSPS) is 10.5. The lowest BCUT2D eigenvalue weighted by atomic mass is 10.5. The highest BCUT2D eigenvalue weighted by Gasteiger charge is 2.09. The summed E-state index contributed by atoms with van der Waals surface area (Å²) in [7, 11) is 3.59. The Morgan fingerprint density at radius 1 is 1.69 bits per heavy atom. The van der Waals surface area contributed by atoms with Crippen LogP contribution in [0.1, 0.15) is 6.92 Å². The largest absolute Gasteiger partial charge is 0.461 e. The molecule has 0 rings (SSSR count). The standard InChI is InChI=1S/C8H15N3O2/c1-5-13-8(12)7(10-9-2)6-11(3)4/h6,10H,2,5H2,1,3-4H3/b7-6-. The first-order valence-corrected chi connectivity index (χ1v) is 3.89. The maximum Gasteiger partial charge on any atom is 0.357 e. The van der Waals surface area contributed by atoms with Gasteiger partial charge >= 0.3 is 5.97 Å². The zero-order chi connectivity index (χ0) is 10.3. The second-order valence-corrected chi connectivity index (χ2v) is 2.50. The summed E-state index contributed by atoms with van der Waals surface area (Å²) in [4.78, 5) is 12.9. The lowest BCUT2D eigenvalue weighted by Crippen LogP contribution is -2.20. The van der Waals surface area contributed by atoms with E-state index in [1.54, 1.807) is 32.1 Å². The molecule has 0 amide bonds. The van der Waals surface area contributed by atoms with Crippen LogP contribution in [0.15, 0.2) is 17.0 Å². The lowest BCUT2D eigenvalue weighted by molar-refractivity contribution is -0.139. The first-order valence-electron chi connectivity index (χ1n) is 3.89. The summed E-state index contributed by atoms with van der Waals surface area (Å²) in [6.07, 6.45) is 1.58. The van der Waals surface area contributed by atoms with E-state index in [9.17, 15) is 4.79 Å². The Kier molecular flexibility index (Phi) is 5.34. The van der Waals surface area contributed by atoms with Gasteiger partial charge in [0.1, 0.15) is 0 Å². The smallest absolute Gasteiger partial charge is 0.357 e. The van der Waals surface area contributed by atoms with Crippen molar-refractivity contribution >= 4 is 12.7 Å². The number of carbonyl (C=O) groups excluding carboxylic acids is 1. The Balaban J connectivity index is 4.40. The van der Waals surface area contributed by atoms with E-state index in [2.05, 4.69) is 17.2 Å². The van der Waals surface area contributed by atoms with Crippen LogP contribution in [0, 0.1) is 0 Å². The van der Waals surface area contributed by atoms with Crippen molar-refractivity contribution in [2.75, 3.05) is 20.7 Å². The molecule has 0 aromatic carbocycles. The van der Waals surface area contributed by atoms with Gasteiger partial charge in [-0.25, -0.2) is 4.79 Å². The van der Waals surface area contributed by atoms with E-state index in [0.717, 1.165) is 0 Å². The third kappa shape index (κ3) is 4.84. The number of rotatable bonds is 5. The Hall–Kier alpha value is -1.52. The SMILES string of the molecule is C=NN/C(=C\N(C)C)C(=O)OCC. The number of hydrogen-bond acceptors (Lipinski definition) is 5. The van der Waals surface area contributed by atoms with Crippen LogP contribution < -0.4 is 5.43 Å². The zero-order valence-corrected chi connectivity index (χ0v) is 8.20. The van der Waals surface area contributed by atoms with Gasteiger partial charge < -0.3 is 9.64 Å². The molecule has 0 unspecified atom stereocenters. The monoisotopic (exact) mass is 185 g/mol. The molecule has 0 aliphatic heterocycles. The fourth-order valence-corrected chi connectivity index (χ4v) is 0.679. The van der Waals surface area contributed by atoms with Crippen LogP contribution in [0.25, 0.3) is 0 Å². The van der Waals surface area contributed by atoms with Gasteiger partial charge in [-0.3, -0.25) is 5.43 Å². The first-order chi connectivity index (χ1) is 6.11. The van der Waals surface area contributed by atoms with Crippen LogP contribution in [-0.4, -0.2) is 38.3 Å². The van der Waals surface area contributed by atoms with E-state index < -0.39 is 5.97 Å². The summed E-state index contributed by atoms with van der Waals surface area (Å²) in [5.41, 5.74) is 2.72. The Morgan fingerprint density at radius 2 is 2.31 bits per heavy atom. The highest BCUT2D eigenvalue weighted by atomic mass is 16.5. The van der Waals surface area contributed by atoms with Crippen molar-refractivity contribution in [1.82, 2.24) is 10.3 Å². The Morgan fingerprint density at radius 3 is 2.69 bits per heavy atom. The quantitative estimate of drug-likeness (QED) is 0.287. The van der Waals surface area contributed by atoms with Crippen molar-refractivity contribution in [3.05, 3.63) is 11.9 Å². The Labute approximate surface area is 78.1 Å². The highest BCUT2D eigenvalue weighted by molar-refractivity contribution is 5.87. The molecule has 74 valence electrons. The van der Waals surface area contributed by atoms with E-state index in [1.165, 1.54) is 0 Å². The van der Waals surface area contributed by atoms with Crippen molar-refractivity contribution < 1.29 is 9.53 Å². The van der Waals surface area contributed by atoms with Crippen LogP contribution >= 0.6 is 0 Å². The molecule has 0 atom stereocenters. The predicted octanol–water partition coefficient (Wildman–Crippen LogP) is 0.158. The summed E-state index contributed by atoms with van der Waals surface area (Å²) < 4.78 is 4.77. The van der Waals surface area contributed by atoms with E-state index in [1.807, 2.05) is 0 Å². The topological polar surface area (TPSA) is 53.9 Å². The van der Waals surface area contributed by atoms with Crippen LogP contribution in [0.5, 0.6) is 0 Å². The van der Waals surface area contributed by atoms with Gasteiger partial charge in [0.2, 0.25) is 0 Å². The summed E-state index contributed by atoms with van der Waals surface area (Å²) in [5, 5.41) is 3.40. The molecular weight excluding hydrogens is 170 g/mol. The molecule has 0 heterocycles. The van der Waals surface area contributed by atoms with Crippen molar-refractivity contribution in [2.45, 2.75) is 6.92 Å². The Bertz CT molecular complexity index is 211. The highest BCUT2D eigenvalue weighted by Crippen LogP contribution is 1.95. The summed E-state index contributed by atoms with van der Waals surface area (Å²) in [6.45, 7) is 5.30. The zero-order valence-electron chi connectivity index (χ0n) is 8.20. The summed E-state index contributed by atoms with van der Waals surface area (Å²) in [6, 6.07) is 0. The average molecular weight is 185 g/mol. The van der Waals surface area contributed by atoms with Gasteiger partial charge in [0.05, 0.1) is 6.61 Å². The van der Waals surface area contributed by atoms with Gasteiger partial charge in [0, 0.05) is 27.0 Å². The van der Waals surface area contributed by atoms with Crippen LogP contribution in [0.4, 0.5) is 0 Å². The maximum atomic E-state index is 11.2. The van der Waals surface area contributed by atoms with Crippen LogP contribution in [0.2, 0.25) is 0 Å². The van der Waals surface area contributed by atoms with Gasteiger partial charge in [0.25, 0.3) is 0 Å². The third-order valence-electron chi connectivity index (χ3n) is 1.08. The first kappa shape index (κ1) is 11.5. The summed E-state index contributed by atoms with van der Waals surface area (Å²) >= 11 is 0. The second kappa shape index (κ2) is 6.05. The van der Waals surface area contributed by atoms with Gasteiger partial charge in [-0.05, 0) is 6.92 Å². The molecule has 0 bridgehead atoms. The van der Waals surface area contributed by atoms with Gasteiger partial charge in [0.15, 0.2) is 5.70 Å². The molecule has 0 saturated heterocycles. The molecule has 1 N–H and O–H groups in total. The molecule has 0 spiro atoms. The molecule has 5 nitrogen and oxygen atoms in total. The number of carbonyl (C=O) groups is 1. The number of ether oxygens (including phenoxy) is 1. The molecule has 0 aromatic rings. The fourth-order valence-electron chi connectivity index (χ4n) is 0.679. The molecule has 0 aromatic heterocycles. The number of esters is 1. The van der Waals surface area contributed by atoms with Crippen molar-refractivity contribution in [1.29, 1.82) is 0 Å². The number of nitrogens with one attached hydrogen (secondary N) is 1. The van der Waals surface area contributed by atoms with Crippen molar-refractivity contribution in [3.8, 4) is 0 Å². The minimum absolute atomic E-state index is 0.266.